The van der Waals surface area contributed by atoms with Crippen LogP contribution in [0.15, 0.2) is 42.5 Å². The summed E-state index contributed by atoms with van der Waals surface area (Å²) in [5.74, 6) is -0.672. The monoisotopic (exact) mass is 481 g/mol. The smallest absolute Gasteiger partial charge is 0.408 e. The summed E-state index contributed by atoms with van der Waals surface area (Å²) in [6, 6.07) is 11.5. The molecule has 7 heteroatoms. The van der Waals surface area contributed by atoms with Crippen molar-refractivity contribution in [3.05, 3.63) is 64.7 Å². The Morgan fingerprint density at radius 2 is 1.63 bits per heavy atom. The van der Waals surface area contributed by atoms with Gasteiger partial charge >= 0.3 is 6.09 Å². The number of benzene rings is 2. The predicted octanol–water partition coefficient (Wildman–Crippen LogP) is 5.44. The molecule has 3 amide bonds. The summed E-state index contributed by atoms with van der Waals surface area (Å²) in [4.78, 5) is 41.1. The SMILES string of the molecule is CCCN(C(=O)C(C)NC(=O)OC(C)(C)C)C(C(=O)Nc1ccccc1C)c1ccc(C)c(C)c1. The lowest BCUT2D eigenvalue weighted by molar-refractivity contribution is -0.140. The van der Waals surface area contributed by atoms with Crippen molar-refractivity contribution in [3.8, 4) is 0 Å². The van der Waals surface area contributed by atoms with E-state index in [1.807, 2.05) is 70.2 Å². The summed E-state index contributed by atoms with van der Waals surface area (Å²) in [6.45, 7) is 15.1. The minimum Gasteiger partial charge on any atom is -0.444 e. The second-order valence-electron chi connectivity index (χ2n) is 9.95. The molecule has 0 saturated heterocycles. The standard InChI is InChI=1S/C28H39N3O4/c1-9-16-31(26(33)21(5)29-27(34)35-28(6,7)8)24(22-15-14-18(2)20(4)17-22)25(32)30-23-13-11-10-12-19(23)3/h10-15,17,21,24H,9,16H2,1-8H3,(H,29,34)(H,30,32). The maximum Gasteiger partial charge on any atom is 0.408 e. The number of carbonyl (C=O) groups excluding carboxylic acids is 3. The molecule has 0 spiro atoms. The second kappa shape index (κ2) is 11.9. The molecule has 2 aromatic carbocycles. The van der Waals surface area contributed by atoms with E-state index in [0.29, 0.717) is 24.2 Å². The molecule has 2 aromatic rings. The molecule has 35 heavy (non-hydrogen) atoms. The third-order valence-corrected chi connectivity index (χ3v) is 5.66. The molecule has 190 valence electrons. The van der Waals surface area contributed by atoms with E-state index in [-0.39, 0.29) is 11.8 Å². The van der Waals surface area contributed by atoms with E-state index in [0.717, 1.165) is 16.7 Å². The van der Waals surface area contributed by atoms with Crippen molar-refractivity contribution < 1.29 is 19.1 Å². The van der Waals surface area contributed by atoms with Crippen LogP contribution < -0.4 is 10.6 Å². The lowest BCUT2D eigenvalue weighted by atomic mass is 9.98. The van der Waals surface area contributed by atoms with Crippen LogP contribution in [0.4, 0.5) is 10.5 Å². The fraction of sp³-hybridized carbons (Fsp3) is 0.464. The lowest BCUT2D eigenvalue weighted by Crippen LogP contribution is -2.51. The number of rotatable bonds is 8. The average molecular weight is 482 g/mol. The molecule has 0 aromatic heterocycles. The molecule has 0 heterocycles. The maximum atomic E-state index is 13.7. The van der Waals surface area contributed by atoms with E-state index in [1.54, 1.807) is 32.6 Å². The molecule has 0 aliphatic carbocycles. The van der Waals surface area contributed by atoms with Crippen LogP contribution in [0.2, 0.25) is 0 Å². The first-order valence-corrected chi connectivity index (χ1v) is 12.1. The molecule has 0 saturated carbocycles. The average Bonchev–Trinajstić information content (AvgIpc) is 2.75. The highest BCUT2D eigenvalue weighted by molar-refractivity contribution is 5.99. The van der Waals surface area contributed by atoms with Crippen LogP contribution in [-0.2, 0) is 14.3 Å². The summed E-state index contributed by atoms with van der Waals surface area (Å²) < 4.78 is 5.31. The van der Waals surface area contributed by atoms with Crippen LogP contribution in [0.25, 0.3) is 0 Å². The van der Waals surface area contributed by atoms with E-state index in [9.17, 15) is 14.4 Å². The van der Waals surface area contributed by atoms with Crippen LogP contribution in [-0.4, -0.2) is 41.0 Å². The fourth-order valence-corrected chi connectivity index (χ4v) is 3.72. The highest BCUT2D eigenvalue weighted by Gasteiger charge is 2.34. The Kier molecular flexibility index (Phi) is 9.46. The van der Waals surface area contributed by atoms with Crippen molar-refractivity contribution in [2.24, 2.45) is 0 Å². The Balaban J connectivity index is 2.43. The van der Waals surface area contributed by atoms with Gasteiger partial charge in [-0.25, -0.2) is 4.79 Å². The quantitative estimate of drug-likeness (QED) is 0.525. The predicted molar refractivity (Wildman–Crippen MR) is 139 cm³/mol. The molecular weight excluding hydrogens is 442 g/mol. The first-order valence-electron chi connectivity index (χ1n) is 12.1. The molecule has 0 aliphatic rings. The Labute approximate surface area is 209 Å². The third kappa shape index (κ3) is 7.84. The number of carbonyl (C=O) groups is 3. The molecule has 0 radical (unpaired) electrons. The van der Waals surface area contributed by atoms with Crippen LogP contribution in [0, 0.1) is 20.8 Å². The van der Waals surface area contributed by atoms with E-state index in [4.69, 9.17) is 4.74 Å². The van der Waals surface area contributed by atoms with Crippen molar-refractivity contribution in [1.29, 1.82) is 0 Å². The molecule has 2 unspecified atom stereocenters. The van der Waals surface area contributed by atoms with Crippen molar-refractivity contribution in [3.63, 3.8) is 0 Å². The Bertz CT molecular complexity index is 1060. The van der Waals surface area contributed by atoms with Crippen molar-refractivity contribution in [1.82, 2.24) is 10.2 Å². The van der Waals surface area contributed by atoms with E-state index in [1.165, 1.54) is 0 Å². The molecular formula is C28H39N3O4. The molecule has 0 fully saturated rings. The van der Waals surface area contributed by atoms with E-state index >= 15 is 0 Å². The van der Waals surface area contributed by atoms with Gasteiger partial charge in [0.1, 0.15) is 17.7 Å². The molecule has 2 atom stereocenters. The summed E-state index contributed by atoms with van der Waals surface area (Å²) in [5.41, 5.74) is 3.76. The zero-order chi connectivity index (χ0) is 26.3. The normalized spacial score (nSPS) is 12.9. The van der Waals surface area contributed by atoms with Crippen LogP contribution in [0.1, 0.15) is 69.3 Å². The van der Waals surface area contributed by atoms with Crippen molar-refractivity contribution >= 4 is 23.6 Å². The first kappa shape index (κ1) is 27.9. The van der Waals surface area contributed by atoms with Gasteiger partial charge < -0.3 is 20.3 Å². The number of hydrogen-bond acceptors (Lipinski definition) is 4. The first-order chi connectivity index (χ1) is 16.3. The maximum absolute atomic E-state index is 13.7. The van der Waals surface area contributed by atoms with Gasteiger partial charge in [0.25, 0.3) is 5.91 Å². The summed E-state index contributed by atoms with van der Waals surface area (Å²) in [5, 5.41) is 5.62. The van der Waals surface area contributed by atoms with Crippen LogP contribution in [0.3, 0.4) is 0 Å². The van der Waals surface area contributed by atoms with Crippen LogP contribution >= 0.6 is 0 Å². The van der Waals surface area contributed by atoms with Gasteiger partial charge in [-0.1, -0.05) is 43.3 Å². The number of amides is 3. The van der Waals surface area contributed by atoms with Gasteiger partial charge in [0.2, 0.25) is 5.91 Å². The molecule has 2 rings (SSSR count). The Morgan fingerprint density at radius 1 is 0.971 bits per heavy atom. The number of hydrogen-bond donors (Lipinski definition) is 2. The fourth-order valence-electron chi connectivity index (χ4n) is 3.72. The van der Waals surface area contributed by atoms with Gasteiger partial charge in [-0.3, -0.25) is 9.59 Å². The minimum absolute atomic E-state index is 0.311. The number of aryl methyl sites for hydroxylation is 3. The van der Waals surface area contributed by atoms with E-state index < -0.39 is 23.8 Å². The summed E-state index contributed by atoms with van der Waals surface area (Å²) in [7, 11) is 0. The van der Waals surface area contributed by atoms with Gasteiger partial charge in [-0.05, 0) is 83.2 Å². The third-order valence-electron chi connectivity index (χ3n) is 5.66. The van der Waals surface area contributed by atoms with Crippen molar-refractivity contribution in [2.75, 3.05) is 11.9 Å². The number of alkyl carbamates (subject to hydrolysis) is 1. The minimum atomic E-state index is -0.878. The van der Waals surface area contributed by atoms with Gasteiger partial charge in [-0.15, -0.1) is 0 Å². The molecule has 2 N–H and O–H groups in total. The zero-order valence-corrected chi connectivity index (χ0v) is 22.2. The molecule has 0 bridgehead atoms. The zero-order valence-electron chi connectivity index (χ0n) is 22.2. The largest absolute Gasteiger partial charge is 0.444 e. The van der Waals surface area contributed by atoms with Gasteiger partial charge in [0.05, 0.1) is 0 Å². The van der Waals surface area contributed by atoms with Gasteiger partial charge in [0.15, 0.2) is 0 Å². The number of nitrogens with one attached hydrogen (secondary N) is 2. The highest BCUT2D eigenvalue weighted by Crippen LogP contribution is 2.27. The van der Waals surface area contributed by atoms with E-state index in [2.05, 4.69) is 10.6 Å². The Hall–Kier alpha value is -3.35. The van der Waals surface area contributed by atoms with Gasteiger partial charge in [0, 0.05) is 12.2 Å². The Morgan fingerprint density at radius 3 is 2.20 bits per heavy atom. The molecule has 7 nitrogen and oxygen atoms in total. The summed E-state index contributed by atoms with van der Waals surface area (Å²) in [6.07, 6.45) is -0.0361. The molecule has 0 aliphatic heterocycles. The van der Waals surface area contributed by atoms with Crippen LogP contribution in [0.5, 0.6) is 0 Å². The lowest BCUT2D eigenvalue weighted by Gasteiger charge is -2.33. The number of nitrogens with zero attached hydrogens (tertiary/aromatic N) is 1. The summed E-state index contributed by atoms with van der Waals surface area (Å²) >= 11 is 0. The van der Waals surface area contributed by atoms with Gasteiger partial charge in [-0.2, -0.15) is 0 Å². The number of anilines is 1. The van der Waals surface area contributed by atoms with Crippen molar-refractivity contribution in [2.45, 2.75) is 79.5 Å². The number of para-hydroxylation sites is 1. The number of ether oxygens (including phenoxy) is 1. The topological polar surface area (TPSA) is 87.7 Å². The second-order valence-corrected chi connectivity index (χ2v) is 9.95. The highest BCUT2D eigenvalue weighted by atomic mass is 16.6.